The third-order valence-electron chi connectivity index (χ3n) is 3.94. The van der Waals surface area contributed by atoms with Crippen molar-refractivity contribution in [3.05, 3.63) is 29.3 Å². The standard InChI is InChI=1S/C15H20N2O3/c1-10-12(7-4-8-13(10)16)15(20)17(9-14(18)19)11-5-2-3-6-11/h4,7-8,11H,2-3,5-6,9,16H2,1H3,(H,18,19). The van der Waals surface area contributed by atoms with Crippen molar-refractivity contribution in [2.24, 2.45) is 0 Å². The molecular formula is C15H20N2O3. The van der Waals surface area contributed by atoms with Gasteiger partial charge < -0.3 is 15.7 Å². The van der Waals surface area contributed by atoms with E-state index in [1.807, 2.05) is 0 Å². The zero-order chi connectivity index (χ0) is 14.7. The second-order valence-corrected chi connectivity index (χ2v) is 5.28. The van der Waals surface area contributed by atoms with Crippen molar-refractivity contribution >= 4 is 17.6 Å². The largest absolute Gasteiger partial charge is 0.480 e. The van der Waals surface area contributed by atoms with Gasteiger partial charge in [0.2, 0.25) is 0 Å². The summed E-state index contributed by atoms with van der Waals surface area (Å²) in [7, 11) is 0. The average Bonchev–Trinajstić information content (AvgIpc) is 2.92. The highest BCUT2D eigenvalue weighted by Crippen LogP contribution is 2.26. The number of carbonyl (C=O) groups excluding carboxylic acids is 1. The molecule has 1 aromatic rings. The molecule has 0 spiro atoms. The quantitative estimate of drug-likeness (QED) is 0.824. The van der Waals surface area contributed by atoms with Crippen LogP contribution in [0.25, 0.3) is 0 Å². The fourth-order valence-corrected chi connectivity index (χ4v) is 2.77. The highest BCUT2D eigenvalue weighted by Gasteiger charge is 2.29. The molecule has 1 aliphatic carbocycles. The summed E-state index contributed by atoms with van der Waals surface area (Å²) >= 11 is 0. The Morgan fingerprint density at radius 1 is 1.35 bits per heavy atom. The first-order valence-electron chi connectivity index (χ1n) is 6.88. The number of carbonyl (C=O) groups is 2. The molecule has 0 aliphatic heterocycles. The predicted octanol–water partition coefficient (Wildman–Crippen LogP) is 2.05. The highest BCUT2D eigenvalue weighted by atomic mass is 16.4. The predicted molar refractivity (Wildman–Crippen MR) is 76.5 cm³/mol. The second-order valence-electron chi connectivity index (χ2n) is 5.28. The van der Waals surface area contributed by atoms with Gasteiger partial charge in [0.05, 0.1) is 0 Å². The van der Waals surface area contributed by atoms with Crippen molar-refractivity contribution < 1.29 is 14.7 Å². The Kier molecular flexibility index (Phi) is 4.27. The lowest BCUT2D eigenvalue weighted by atomic mass is 10.0. The van der Waals surface area contributed by atoms with E-state index in [1.165, 1.54) is 4.90 Å². The first-order chi connectivity index (χ1) is 9.50. The third-order valence-corrected chi connectivity index (χ3v) is 3.94. The van der Waals surface area contributed by atoms with Crippen LogP contribution in [-0.4, -0.2) is 34.5 Å². The van der Waals surface area contributed by atoms with E-state index < -0.39 is 5.97 Å². The van der Waals surface area contributed by atoms with Gasteiger partial charge in [-0.25, -0.2) is 0 Å². The number of hydrogen-bond acceptors (Lipinski definition) is 3. The average molecular weight is 276 g/mol. The van der Waals surface area contributed by atoms with Crippen LogP contribution < -0.4 is 5.73 Å². The van der Waals surface area contributed by atoms with Crippen LogP contribution in [0.4, 0.5) is 5.69 Å². The number of rotatable bonds is 4. The number of nitrogen functional groups attached to an aromatic ring is 1. The molecule has 3 N–H and O–H groups in total. The van der Waals surface area contributed by atoms with Crippen LogP contribution in [0.2, 0.25) is 0 Å². The van der Waals surface area contributed by atoms with E-state index in [1.54, 1.807) is 25.1 Å². The van der Waals surface area contributed by atoms with Gasteiger partial charge in [0, 0.05) is 17.3 Å². The number of benzene rings is 1. The van der Waals surface area contributed by atoms with Gasteiger partial charge in [0.1, 0.15) is 6.54 Å². The maximum absolute atomic E-state index is 12.6. The molecule has 1 aliphatic rings. The molecule has 5 heteroatoms. The number of hydrogen-bond donors (Lipinski definition) is 2. The van der Waals surface area contributed by atoms with Crippen LogP contribution in [-0.2, 0) is 4.79 Å². The molecule has 0 unspecified atom stereocenters. The van der Waals surface area contributed by atoms with Crippen LogP contribution in [0.15, 0.2) is 18.2 Å². The van der Waals surface area contributed by atoms with E-state index in [-0.39, 0.29) is 18.5 Å². The number of amides is 1. The van der Waals surface area contributed by atoms with E-state index in [2.05, 4.69) is 0 Å². The molecule has 0 heterocycles. The van der Waals surface area contributed by atoms with E-state index >= 15 is 0 Å². The fraction of sp³-hybridized carbons (Fsp3) is 0.467. The Morgan fingerprint density at radius 2 is 2.00 bits per heavy atom. The molecule has 1 amide bonds. The first-order valence-corrected chi connectivity index (χ1v) is 6.88. The van der Waals surface area contributed by atoms with E-state index in [4.69, 9.17) is 10.8 Å². The number of carboxylic acids is 1. The molecule has 20 heavy (non-hydrogen) atoms. The smallest absolute Gasteiger partial charge is 0.323 e. The monoisotopic (exact) mass is 276 g/mol. The minimum Gasteiger partial charge on any atom is -0.480 e. The summed E-state index contributed by atoms with van der Waals surface area (Å²) in [6.07, 6.45) is 3.84. The number of aliphatic carboxylic acids is 1. The normalized spacial score (nSPS) is 15.2. The summed E-state index contributed by atoms with van der Waals surface area (Å²) in [5.41, 5.74) is 7.59. The van der Waals surface area contributed by atoms with Crippen LogP contribution in [0.5, 0.6) is 0 Å². The summed E-state index contributed by atoms with van der Waals surface area (Å²) < 4.78 is 0. The molecule has 108 valence electrons. The molecular weight excluding hydrogens is 256 g/mol. The van der Waals surface area contributed by atoms with Crippen molar-refractivity contribution in [1.29, 1.82) is 0 Å². The first kappa shape index (κ1) is 14.4. The molecule has 0 radical (unpaired) electrons. The Morgan fingerprint density at radius 3 is 2.60 bits per heavy atom. The van der Waals surface area contributed by atoms with Gasteiger partial charge in [0.15, 0.2) is 0 Å². The van der Waals surface area contributed by atoms with E-state index in [0.717, 1.165) is 25.7 Å². The summed E-state index contributed by atoms with van der Waals surface area (Å²) in [5, 5.41) is 9.05. The van der Waals surface area contributed by atoms with Gasteiger partial charge in [-0.2, -0.15) is 0 Å². The number of carboxylic acid groups (broad SMARTS) is 1. The Balaban J connectivity index is 2.29. The molecule has 0 atom stereocenters. The van der Waals surface area contributed by atoms with Crippen LogP contribution in [0.1, 0.15) is 41.6 Å². The Labute approximate surface area is 118 Å². The third kappa shape index (κ3) is 2.92. The summed E-state index contributed by atoms with van der Waals surface area (Å²) in [6.45, 7) is 1.54. The zero-order valence-corrected chi connectivity index (χ0v) is 11.6. The molecule has 5 nitrogen and oxygen atoms in total. The lowest BCUT2D eigenvalue weighted by molar-refractivity contribution is -0.138. The summed E-state index contributed by atoms with van der Waals surface area (Å²) in [4.78, 5) is 25.2. The van der Waals surface area contributed by atoms with E-state index in [0.29, 0.717) is 16.8 Å². The maximum Gasteiger partial charge on any atom is 0.323 e. The molecule has 1 aromatic carbocycles. The second kappa shape index (κ2) is 5.94. The fourth-order valence-electron chi connectivity index (χ4n) is 2.77. The zero-order valence-electron chi connectivity index (χ0n) is 11.6. The van der Waals surface area contributed by atoms with Gasteiger partial charge in [-0.15, -0.1) is 0 Å². The highest BCUT2D eigenvalue weighted by molar-refractivity contribution is 5.98. The number of nitrogens with two attached hydrogens (primary N) is 1. The van der Waals surface area contributed by atoms with E-state index in [9.17, 15) is 9.59 Å². The lowest BCUT2D eigenvalue weighted by Crippen LogP contribution is -2.42. The van der Waals surface area contributed by atoms with Crippen molar-refractivity contribution in [3.63, 3.8) is 0 Å². The van der Waals surface area contributed by atoms with Crippen LogP contribution in [0, 0.1) is 6.92 Å². The molecule has 0 bridgehead atoms. The SMILES string of the molecule is Cc1c(N)cccc1C(=O)N(CC(=O)O)C1CCCC1. The Hall–Kier alpha value is -2.04. The maximum atomic E-state index is 12.6. The van der Waals surface area contributed by atoms with Gasteiger partial charge in [-0.3, -0.25) is 9.59 Å². The number of nitrogens with zero attached hydrogens (tertiary/aromatic N) is 1. The van der Waals surface area contributed by atoms with Gasteiger partial charge in [0.25, 0.3) is 5.91 Å². The minimum atomic E-state index is -0.980. The lowest BCUT2D eigenvalue weighted by Gasteiger charge is -2.28. The van der Waals surface area contributed by atoms with Gasteiger partial charge in [-0.05, 0) is 37.5 Å². The molecule has 1 fully saturated rings. The molecule has 2 rings (SSSR count). The molecule has 0 aromatic heterocycles. The summed E-state index contributed by atoms with van der Waals surface area (Å²) in [6, 6.07) is 5.20. The topological polar surface area (TPSA) is 83.6 Å². The van der Waals surface area contributed by atoms with Crippen molar-refractivity contribution in [1.82, 2.24) is 4.90 Å². The van der Waals surface area contributed by atoms with Crippen LogP contribution >= 0.6 is 0 Å². The Bertz CT molecular complexity index is 522. The van der Waals surface area contributed by atoms with Crippen LogP contribution in [0.3, 0.4) is 0 Å². The minimum absolute atomic E-state index is 0.0273. The summed E-state index contributed by atoms with van der Waals surface area (Å²) in [5.74, 6) is -1.21. The molecule has 0 saturated heterocycles. The van der Waals surface area contributed by atoms with Gasteiger partial charge >= 0.3 is 5.97 Å². The van der Waals surface area contributed by atoms with Crippen molar-refractivity contribution in [2.45, 2.75) is 38.6 Å². The van der Waals surface area contributed by atoms with Crippen molar-refractivity contribution in [3.8, 4) is 0 Å². The molecule has 1 saturated carbocycles. The van der Waals surface area contributed by atoms with Gasteiger partial charge in [-0.1, -0.05) is 18.9 Å². The van der Waals surface area contributed by atoms with Crippen molar-refractivity contribution in [2.75, 3.05) is 12.3 Å². The number of anilines is 1.